The van der Waals surface area contributed by atoms with Gasteiger partial charge in [0.1, 0.15) is 5.75 Å². The highest BCUT2D eigenvalue weighted by Crippen LogP contribution is 2.40. The van der Waals surface area contributed by atoms with Crippen LogP contribution in [0, 0.1) is 0 Å². The Labute approximate surface area is 151 Å². The second-order valence-corrected chi connectivity index (χ2v) is 6.39. The first-order chi connectivity index (χ1) is 12.8. The minimum absolute atomic E-state index is 0.276. The summed E-state index contributed by atoms with van der Waals surface area (Å²) in [6.07, 6.45) is 4.04. The van der Waals surface area contributed by atoms with Crippen LogP contribution in [0.25, 0.3) is 22.0 Å². The van der Waals surface area contributed by atoms with E-state index in [1.54, 1.807) is 6.07 Å². The van der Waals surface area contributed by atoms with E-state index in [4.69, 9.17) is 0 Å². The molecule has 0 amide bonds. The van der Waals surface area contributed by atoms with Gasteiger partial charge in [-0.3, -0.25) is 0 Å². The molecule has 0 radical (unpaired) electrons. The van der Waals surface area contributed by atoms with Crippen LogP contribution in [0.2, 0.25) is 0 Å². The standard InChI is InChI=1S/C23H16N2O/c26-22-12-6-3-9-17(22)23(18-13-24-20-10-4-1-7-15(18)20)19-14-25-21-11-5-2-8-16(19)21/h1-14,24,26H/p+1. The fraction of sp³-hybridized carbons (Fsp3) is 0. The molecule has 0 spiro atoms. The monoisotopic (exact) mass is 337 g/mol. The van der Waals surface area contributed by atoms with Gasteiger partial charge in [-0.1, -0.05) is 48.5 Å². The van der Waals surface area contributed by atoms with Crippen LogP contribution in [0.15, 0.2) is 79.0 Å². The third-order valence-electron chi connectivity index (χ3n) is 4.89. The van der Waals surface area contributed by atoms with Crippen LogP contribution in [0.4, 0.5) is 5.69 Å². The number of para-hydroxylation sites is 3. The summed E-state index contributed by atoms with van der Waals surface area (Å²) in [6.45, 7) is 0. The molecule has 4 aromatic rings. The number of benzene rings is 3. The van der Waals surface area contributed by atoms with Gasteiger partial charge in [0.2, 0.25) is 5.69 Å². The zero-order valence-electron chi connectivity index (χ0n) is 14.0. The maximum atomic E-state index is 10.6. The summed E-state index contributed by atoms with van der Waals surface area (Å²) in [4.78, 5) is 6.71. The first-order valence-electron chi connectivity index (χ1n) is 8.61. The van der Waals surface area contributed by atoms with E-state index in [1.165, 1.54) is 0 Å². The van der Waals surface area contributed by atoms with E-state index >= 15 is 0 Å². The number of hydrogen-bond acceptors (Lipinski definition) is 1. The highest BCUT2D eigenvalue weighted by atomic mass is 16.3. The van der Waals surface area contributed by atoms with Crippen LogP contribution in [-0.2, 0) is 0 Å². The Morgan fingerprint density at radius 1 is 0.808 bits per heavy atom. The van der Waals surface area contributed by atoms with Crippen molar-refractivity contribution in [1.29, 1.82) is 0 Å². The molecular weight excluding hydrogens is 320 g/mol. The van der Waals surface area contributed by atoms with E-state index in [1.807, 2.05) is 54.9 Å². The lowest BCUT2D eigenvalue weighted by molar-refractivity contribution is -0.342. The number of aromatic amines is 1. The molecule has 1 aromatic heterocycles. The Bertz CT molecular complexity index is 1200. The van der Waals surface area contributed by atoms with Gasteiger partial charge >= 0.3 is 0 Å². The summed E-state index contributed by atoms with van der Waals surface area (Å²) in [5.74, 6) is 0.276. The first kappa shape index (κ1) is 14.7. The first-order valence-corrected chi connectivity index (χ1v) is 8.61. The van der Waals surface area contributed by atoms with Crippen molar-refractivity contribution in [3.8, 4) is 5.75 Å². The van der Waals surface area contributed by atoms with Crippen LogP contribution in [0.5, 0.6) is 5.75 Å². The molecular formula is C23H17N2O+. The molecule has 3 N–H and O–H groups in total. The predicted octanol–water partition coefficient (Wildman–Crippen LogP) is 3.63. The van der Waals surface area contributed by atoms with Crippen LogP contribution < -0.4 is 4.99 Å². The molecule has 0 aliphatic carbocycles. The molecule has 1 aliphatic heterocycles. The Kier molecular flexibility index (Phi) is 3.25. The number of fused-ring (bicyclic) bond motifs is 2. The van der Waals surface area contributed by atoms with Crippen LogP contribution in [0.3, 0.4) is 0 Å². The van der Waals surface area contributed by atoms with E-state index in [0.29, 0.717) is 0 Å². The van der Waals surface area contributed by atoms with Crippen LogP contribution in [0.1, 0.15) is 16.7 Å². The molecule has 0 bridgehead atoms. The number of phenols is 1. The Hall–Kier alpha value is -3.59. The summed E-state index contributed by atoms with van der Waals surface area (Å²) in [5.41, 5.74) is 7.28. The van der Waals surface area contributed by atoms with E-state index in [9.17, 15) is 5.11 Å². The van der Waals surface area contributed by atoms with Crippen molar-refractivity contribution in [2.24, 2.45) is 0 Å². The molecule has 124 valence electrons. The molecule has 0 atom stereocenters. The highest BCUT2D eigenvalue weighted by molar-refractivity contribution is 6.25. The normalized spacial score (nSPS) is 14.6. The van der Waals surface area contributed by atoms with Crippen molar-refractivity contribution < 1.29 is 10.1 Å². The van der Waals surface area contributed by atoms with E-state index < -0.39 is 0 Å². The lowest BCUT2D eigenvalue weighted by Gasteiger charge is -2.12. The van der Waals surface area contributed by atoms with Gasteiger partial charge in [0.05, 0.1) is 11.1 Å². The molecule has 0 saturated carbocycles. The smallest absolute Gasteiger partial charge is 0.211 e. The number of allylic oxidation sites excluding steroid dienone is 1. The average Bonchev–Trinajstić information content (AvgIpc) is 3.29. The van der Waals surface area contributed by atoms with Crippen molar-refractivity contribution in [2.75, 3.05) is 0 Å². The maximum absolute atomic E-state index is 10.6. The number of hydrogen-bond donors (Lipinski definition) is 3. The number of H-pyrrole nitrogens is 1. The third kappa shape index (κ3) is 2.18. The molecule has 0 unspecified atom stereocenters. The second-order valence-electron chi connectivity index (χ2n) is 6.39. The second kappa shape index (κ2) is 5.74. The van der Waals surface area contributed by atoms with Crippen molar-refractivity contribution in [3.05, 3.63) is 95.7 Å². The summed E-state index contributed by atoms with van der Waals surface area (Å²) in [7, 11) is 0. The summed E-state index contributed by atoms with van der Waals surface area (Å²) in [5, 5.41) is 11.7. The van der Waals surface area contributed by atoms with Crippen LogP contribution >= 0.6 is 0 Å². The van der Waals surface area contributed by atoms with Gasteiger partial charge in [-0.05, 0) is 18.2 Å². The van der Waals surface area contributed by atoms with E-state index in [-0.39, 0.29) is 5.75 Å². The minimum atomic E-state index is 0.276. The van der Waals surface area contributed by atoms with Crippen molar-refractivity contribution >= 4 is 34.0 Å². The number of aromatic nitrogens is 1. The fourth-order valence-corrected chi connectivity index (χ4v) is 3.68. The quantitative estimate of drug-likeness (QED) is 0.514. The molecule has 1 aliphatic rings. The molecule has 26 heavy (non-hydrogen) atoms. The van der Waals surface area contributed by atoms with Gasteiger partial charge in [0, 0.05) is 39.9 Å². The van der Waals surface area contributed by atoms with Crippen molar-refractivity contribution in [1.82, 2.24) is 4.98 Å². The summed E-state index contributed by atoms with van der Waals surface area (Å²) < 4.78 is 0. The zero-order chi connectivity index (χ0) is 17.5. The van der Waals surface area contributed by atoms with Gasteiger partial charge < -0.3 is 10.1 Å². The molecule has 3 heteroatoms. The van der Waals surface area contributed by atoms with E-state index in [2.05, 4.69) is 34.2 Å². The Morgan fingerprint density at radius 3 is 2.50 bits per heavy atom. The lowest BCUT2D eigenvalue weighted by atomic mass is 9.89. The molecule has 2 heterocycles. The third-order valence-corrected chi connectivity index (χ3v) is 4.89. The number of aromatic hydroxyl groups is 1. The Morgan fingerprint density at radius 2 is 1.58 bits per heavy atom. The molecule has 5 rings (SSSR count). The number of nitrogens with one attached hydrogen (secondary N) is 2. The minimum Gasteiger partial charge on any atom is -0.507 e. The molecule has 3 aromatic carbocycles. The van der Waals surface area contributed by atoms with Gasteiger partial charge in [-0.2, -0.15) is 0 Å². The topological polar surface area (TPSA) is 50.0 Å². The average molecular weight is 337 g/mol. The number of phenolic OH excluding ortho intramolecular Hbond substituents is 1. The van der Waals surface area contributed by atoms with Crippen molar-refractivity contribution in [3.63, 3.8) is 0 Å². The molecule has 3 nitrogen and oxygen atoms in total. The largest absolute Gasteiger partial charge is 0.507 e. The Balaban J connectivity index is 1.88. The highest BCUT2D eigenvalue weighted by Gasteiger charge is 2.25. The van der Waals surface area contributed by atoms with Gasteiger partial charge in [0.15, 0.2) is 6.21 Å². The van der Waals surface area contributed by atoms with Crippen molar-refractivity contribution in [2.45, 2.75) is 0 Å². The summed E-state index contributed by atoms with van der Waals surface area (Å²) in [6, 6.07) is 24.0. The SMILES string of the molecule is Oc1ccccc1C(=C1C=[NH+]c2ccccc21)c1c[nH]c2ccccc12. The van der Waals surface area contributed by atoms with Gasteiger partial charge in [0.25, 0.3) is 0 Å². The van der Waals surface area contributed by atoms with Crippen LogP contribution in [-0.4, -0.2) is 16.3 Å². The zero-order valence-corrected chi connectivity index (χ0v) is 14.0. The number of rotatable bonds is 2. The predicted molar refractivity (Wildman–Crippen MR) is 105 cm³/mol. The van der Waals surface area contributed by atoms with Gasteiger partial charge in [-0.25, -0.2) is 4.99 Å². The van der Waals surface area contributed by atoms with Gasteiger partial charge in [-0.15, -0.1) is 0 Å². The molecule has 0 saturated heterocycles. The summed E-state index contributed by atoms with van der Waals surface area (Å²) >= 11 is 0. The maximum Gasteiger partial charge on any atom is 0.211 e. The van der Waals surface area contributed by atoms with E-state index in [0.717, 1.165) is 44.4 Å². The fourth-order valence-electron chi connectivity index (χ4n) is 3.68. The molecule has 0 fully saturated rings. The lowest BCUT2D eigenvalue weighted by Crippen LogP contribution is -2.58.